The molecule has 0 aliphatic heterocycles. The average Bonchev–Trinajstić information content (AvgIpc) is 2.80. The first-order valence-electron chi connectivity index (χ1n) is 10.0. The van der Waals surface area contributed by atoms with E-state index in [0.29, 0.717) is 11.1 Å². The first-order chi connectivity index (χ1) is 15.8. The van der Waals surface area contributed by atoms with Crippen molar-refractivity contribution in [2.45, 2.75) is 19.6 Å². The molecule has 10 heteroatoms. The summed E-state index contributed by atoms with van der Waals surface area (Å²) in [4.78, 5) is 12.8. The van der Waals surface area contributed by atoms with Crippen molar-refractivity contribution in [2.24, 2.45) is 5.73 Å². The number of nitrogens with one attached hydrogen (secondary N) is 2. The van der Waals surface area contributed by atoms with Crippen LogP contribution in [0.3, 0.4) is 0 Å². The predicted molar refractivity (Wildman–Crippen MR) is 124 cm³/mol. The molecule has 34 heavy (non-hydrogen) atoms. The second-order valence-corrected chi connectivity index (χ2v) is 6.99. The minimum absolute atomic E-state index is 0. The summed E-state index contributed by atoms with van der Waals surface area (Å²) in [6, 6.07) is 13.5. The van der Waals surface area contributed by atoms with Crippen LogP contribution < -0.4 is 15.8 Å². The van der Waals surface area contributed by atoms with Crippen molar-refractivity contribution in [1.82, 2.24) is 5.32 Å². The van der Waals surface area contributed by atoms with Crippen molar-refractivity contribution in [2.75, 3.05) is 6.61 Å². The van der Waals surface area contributed by atoms with Gasteiger partial charge in [-0.1, -0.05) is 24.3 Å². The van der Waals surface area contributed by atoms with Crippen LogP contribution in [0.2, 0.25) is 0 Å². The smallest absolute Gasteiger partial charge is 0.254 e. The van der Waals surface area contributed by atoms with Crippen LogP contribution in [0.15, 0.2) is 60.7 Å². The number of hydrogen-bond donors (Lipinski definition) is 3. The van der Waals surface area contributed by atoms with Gasteiger partial charge in [-0.05, 0) is 48.9 Å². The number of carbonyl (C=O) groups excluding carboxylic acids is 1. The molecule has 180 valence electrons. The van der Waals surface area contributed by atoms with Gasteiger partial charge in [0.25, 0.3) is 5.91 Å². The van der Waals surface area contributed by atoms with E-state index in [0.717, 1.165) is 24.3 Å². The summed E-state index contributed by atoms with van der Waals surface area (Å²) >= 11 is 0. The van der Waals surface area contributed by atoms with E-state index in [1.165, 1.54) is 12.1 Å². The van der Waals surface area contributed by atoms with Crippen molar-refractivity contribution >= 4 is 24.1 Å². The number of amides is 1. The molecule has 1 unspecified atom stereocenters. The lowest BCUT2D eigenvalue weighted by Gasteiger charge is -2.20. The Morgan fingerprint density at radius 3 is 2.26 bits per heavy atom. The molecular weight excluding hydrogens is 471 g/mol. The highest BCUT2D eigenvalue weighted by Crippen LogP contribution is 2.33. The zero-order valence-electron chi connectivity index (χ0n) is 18.1. The van der Waals surface area contributed by atoms with Crippen LogP contribution in [0.5, 0.6) is 11.5 Å². The number of benzene rings is 3. The minimum atomic E-state index is -1.57. The Hall–Kier alpha value is -3.56. The lowest BCUT2D eigenvalue weighted by atomic mass is 10.1. The van der Waals surface area contributed by atoms with Crippen molar-refractivity contribution < 1.29 is 27.4 Å². The summed E-state index contributed by atoms with van der Waals surface area (Å²) in [6.45, 7) is 1.68. The van der Waals surface area contributed by atoms with Crippen molar-refractivity contribution in [3.63, 3.8) is 0 Å². The van der Waals surface area contributed by atoms with E-state index in [4.69, 9.17) is 20.6 Å². The molecule has 3 rings (SSSR count). The summed E-state index contributed by atoms with van der Waals surface area (Å²) in [6.07, 6.45) is -1.57. The number of nitrogens with two attached hydrogens (primary N) is 1. The van der Waals surface area contributed by atoms with E-state index in [9.17, 15) is 13.6 Å². The van der Waals surface area contributed by atoms with Crippen LogP contribution in [0.25, 0.3) is 0 Å². The van der Waals surface area contributed by atoms with E-state index in [1.807, 2.05) is 0 Å². The summed E-state index contributed by atoms with van der Waals surface area (Å²) in [5.74, 6) is -3.60. The number of rotatable bonds is 9. The number of nitrogen functional groups attached to an aromatic ring is 1. The largest absolute Gasteiger partial charge is 0.454 e. The van der Waals surface area contributed by atoms with Gasteiger partial charge >= 0.3 is 0 Å². The average molecular weight is 494 g/mol. The molecule has 4 N–H and O–H groups in total. The molecule has 3 aromatic carbocycles. The van der Waals surface area contributed by atoms with Gasteiger partial charge in [-0.2, -0.15) is 0 Å². The highest BCUT2D eigenvalue weighted by molar-refractivity contribution is 5.94. The molecule has 0 spiro atoms. The highest BCUT2D eigenvalue weighted by Gasteiger charge is 2.30. The minimum Gasteiger partial charge on any atom is -0.454 e. The Kier molecular flexibility index (Phi) is 9.47. The standard InChI is InChI=1S/C24H22F3N3O3.ClH/c1-2-32-22(24(31)30-13-14-3-5-15(6-4-14)23(28)29)20-18(26)11-12-19(21(20)27)33-17-9-7-16(25)8-10-17;/h3-12,22H,2,13H2,1H3,(H3,28,29)(H,30,31);1H. The van der Waals surface area contributed by atoms with Gasteiger partial charge in [-0.15, -0.1) is 12.4 Å². The lowest BCUT2D eigenvalue weighted by Crippen LogP contribution is -2.31. The molecule has 0 bridgehead atoms. The second kappa shape index (κ2) is 12.1. The fourth-order valence-electron chi connectivity index (χ4n) is 3.04. The number of hydrogen-bond acceptors (Lipinski definition) is 4. The molecule has 0 aliphatic carbocycles. The summed E-state index contributed by atoms with van der Waals surface area (Å²) in [7, 11) is 0. The quantitative estimate of drug-likeness (QED) is 0.289. The Labute approximate surface area is 200 Å². The Balaban J connectivity index is 0.00000408. The van der Waals surface area contributed by atoms with Crippen LogP contribution in [0.1, 0.15) is 29.7 Å². The molecule has 1 atom stereocenters. The van der Waals surface area contributed by atoms with Crippen LogP contribution in [-0.2, 0) is 16.1 Å². The summed E-state index contributed by atoms with van der Waals surface area (Å²) < 4.78 is 53.7. The zero-order valence-corrected chi connectivity index (χ0v) is 18.9. The number of carbonyl (C=O) groups is 1. The van der Waals surface area contributed by atoms with Crippen molar-refractivity contribution in [1.29, 1.82) is 5.41 Å². The maximum absolute atomic E-state index is 15.2. The molecule has 0 radical (unpaired) electrons. The molecular formula is C24H23ClF3N3O3. The molecule has 0 fully saturated rings. The fourth-order valence-corrected chi connectivity index (χ4v) is 3.04. The van der Waals surface area contributed by atoms with Gasteiger partial charge in [0.1, 0.15) is 23.2 Å². The maximum atomic E-state index is 15.2. The number of amidine groups is 1. The van der Waals surface area contributed by atoms with Crippen molar-refractivity contribution in [3.05, 3.63) is 94.8 Å². The Morgan fingerprint density at radius 2 is 1.68 bits per heavy atom. The molecule has 0 heterocycles. The van der Waals surface area contributed by atoms with Gasteiger partial charge in [-0.3, -0.25) is 10.2 Å². The van der Waals surface area contributed by atoms with Crippen LogP contribution in [0, 0.1) is 22.9 Å². The van der Waals surface area contributed by atoms with Gasteiger partial charge < -0.3 is 20.5 Å². The van der Waals surface area contributed by atoms with Gasteiger partial charge in [0.2, 0.25) is 0 Å². The Morgan fingerprint density at radius 1 is 1.03 bits per heavy atom. The van der Waals surface area contributed by atoms with E-state index in [1.54, 1.807) is 31.2 Å². The van der Waals surface area contributed by atoms with Gasteiger partial charge in [0.15, 0.2) is 17.7 Å². The molecule has 0 saturated heterocycles. The summed E-state index contributed by atoms with van der Waals surface area (Å²) in [5, 5.41) is 10.0. The van der Waals surface area contributed by atoms with Gasteiger partial charge in [0, 0.05) is 18.7 Å². The van der Waals surface area contributed by atoms with E-state index < -0.39 is 35.0 Å². The zero-order chi connectivity index (χ0) is 24.0. The monoisotopic (exact) mass is 493 g/mol. The van der Waals surface area contributed by atoms with Gasteiger partial charge in [-0.25, -0.2) is 13.2 Å². The van der Waals surface area contributed by atoms with E-state index in [2.05, 4.69) is 5.32 Å². The third-order valence-corrected chi connectivity index (χ3v) is 4.70. The van der Waals surface area contributed by atoms with Crippen LogP contribution in [-0.4, -0.2) is 18.3 Å². The van der Waals surface area contributed by atoms with Crippen LogP contribution >= 0.6 is 12.4 Å². The third-order valence-electron chi connectivity index (χ3n) is 4.70. The normalized spacial score (nSPS) is 11.3. The second-order valence-electron chi connectivity index (χ2n) is 6.99. The molecule has 6 nitrogen and oxygen atoms in total. The lowest BCUT2D eigenvalue weighted by molar-refractivity contribution is -0.133. The SMILES string of the molecule is CCOC(C(=O)NCc1ccc(C(=N)N)cc1)c1c(F)ccc(Oc2ccc(F)cc2)c1F.Cl. The first kappa shape index (κ1) is 26.7. The van der Waals surface area contributed by atoms with Crippen molar-refractivity contribution in [3.8, 4) is 11.5 Å². The third kappa shape index (κ3) is 6.49. The van der Waals surface area contributed by atoms with Gasteiger partial charge in [0.05, 0.1) is 5.56 Å². The summed E-state index contributed by atoms with van der Waals surface area (Å²) in [5.41, 5.74) is 6.04. The number of halogens is 4. The molecule has 0 saturated carbocycles. The molecule has 3 aromatic rings. The molecule has 1 amide bonds. The fraction of sp³-hybridized carbons (Fsp3) is 0.167. The Bertz CT molecular complexity index is 1140. The highest BCUT2D eigenvalue weighted by atomic mass is 35.5. The predicted octanol–water partition coefficient (Wildman–Crippen LogP) is 5.00. The molecule has 0 aliphatic rings. The van der Waals surface area contributed by atoms with E-state index >= 15 is 4.39 Å². The van der Waals surface area contributed by atoms with E-state index in [-0.39, 0.29) is 42.9 Å². The molecule has 0 aromatic heterocycles. The topological polar surface area (TPSA) is 97.4 Å². The van der Waals surface area contributed by atoms with Crippen LogP contribution in [0.4, 0.5) is 13.2 Å². The first-order valence-corrected chi connectivity index (χ1v) is 10.0. The number of ether oxygens (including phenoxy) is 2. The maximum Gasteiger partial charge on any atom is 0.254 e.